The third kappa shape index (κ3) is 4.20. The average Bonchev–Trinajstić information content (AvgIpc) is 3.34. The van der Waals surface area contributed by atoms with Gasteiger partial charge in [-0.1, -0.05) is 18.5 Å². The Hall–Kier alpha value is -1.90. The molecule has 4 heterocycles. The summed E-state index contributed by atoms with van der Waals surface area (Å²) >= 11 is 5.97. The second-order valence-corrected chi connectivity index (χ2v) is 11.6. The van der Waals surface area contributed by atoms with Gasteiger partial charge in [-0.3, -0.25) is 0 Å². The van der Waals surface area contributed by atoms with Gasteiger partial charge in [-0.25, -0.2) is 13.4 Å². The van der Waals surface area contributed by atoms with E-state index in [2.05, 4.69) is 16.7 Å². The maximum Gasteiger partial charge on any atom is 0.243 e. The lowest BCUT2D eigenvalue weighted by atomic mass is 9.98. The van der Waals surface area contributed by atoms with Crippen LogP contribution in [0.2, 0.25) is 5.02 Å². The summed E-state index contributed by atoms with van der Waals surface area (Å²) in [6.07, 6.45) is 5.20. The monoisotopic (exact) mass is 475 g/mol. The van der Waals surface area contributed by atoms with Crippen molar-refractivity contribution in [3.8, 4) is 0 Å². The predicted molar refractivity (Wildman–Crippen MR) is 127 cm³/mol. The number of fused-ring (bicyclic) bond motifs is 1. The molecule has 0 N–H and O–H groups in total. The zero-order valence-corrected chi connectivity index (χ0v) is 20.1. The molecule has 0 bridgehead atoms. The molecule has 3 aliphatic rings. The van der Waals surface area contributed by atoms with Crippen LogP contribution in [0.25, 0.3) is 0 Å². The lowest BCUT2D eigenvalue weighted by Gasteiger charge is -2.36. The first-order chi connectivity index (χ1) is 15.4. The molecule has 7 nitrogen and oxygen atoms in total. The average molecular weight is 476 g/mol. The van der Waals surface area contributed by atoms with Crippen molar-refractivity contribution < 1.29 is 8.42 Å². The number of sulfonamides is 1. The van der Waals surface area contributed by atoms with E-state index in [1.807, 2.05) is 0 Å². The van der Waals surface area contributed by atoms with Crippen LogP contribution in [0.5, 0.6) is 0 Å². The number of aromatic nitrogens is 2. The zero-order valence-electron chi connectivity index (χ0n) is 18.5. The standard InChI is InChI=1S/C23H30ClN5O2S/c1-17-8-13-27(14-9-17)22-20-16-29(32(30,31)19-6-4-18(24)5-7-19)15-10-21(20)25-23(26-22)28-11-2-3-12-28/h4-7,17H,2-3,8-16H2,1H3. The van der Waals surface area contributed by atoms with Gasteiger partial charge in [0.05, 0.1) is 10.6 Å². The molecular weight excluding hydrogens is 446 g/mol. The minimum absolute atomic E-state index is 0.272. The van der Waals surface area contributed by atoms with Gasteiger partial charge < -0.3 is 9.80 Å². The second-order valence-electron chi connectivity index (χ2n) is 9.18. The zero-order chi connectivity index (χ0) is 22.3. The second kappa shape index (κ2) is 8.80. The van der Waals surface area contributed by atoms with Crippen LogP contribution in [0.1, 0.15) is 43.9 Å². The molecule has 2 saturated heterocycles. The number of nitrogens with zero attached hydrogens (tertiary/aromatic N) is 5. The highest BCUT2D eigenvalue weighted by molar-refractivity contribution is 7.89. The molecule has 9 heteroatoms. The van der Waals surface area contributed by atoms with E-state index in [0.717, 1.165) is 62.0 Å². The van der Waals surface area contributed by atoms with Crippen LogP contribution in [0.3, 0.4) is 0 Å². The molecule has 0 saturated carbocycles. The lowest BCUT2D eigenvalue weighted by molar-refractivity contribution is 0.384. The Morgan fingerprint density at radius 2 is 1.62 bits per heavy atom. The van der Waals surface area contributed by atoms with E-state index in [1.54, 1.807) is 28.6 Å². The molecule has 1 aromatic carbocycles. The number of halogens is 1. The first-order valence-corrected chi connectivity index (χ1v) is 13.4. The lowest BCUT2D eigenvalue weighted by Crippen LogP contribution is -2.40. The van der Waals surface area contributed by atoms with Crippen molar-refractivity contribution in [3.05, 3.63) is 40.5 Å². The summed E-state index contributed by atoms with van der Waals surface area (Å²) in [4.78, 5) is 14.8. The van der Waals surface area contributed by atoms with E-state index >= 15 is 0 Å². The fourth-order valence-electron chi connectivity index (χ4n) is 4.86. The number of rotatable bonds is 4. The highest BCUT2D eigenvalue weighted by Gasteiger charge is 2.33. The quantitative estimate of drug-likeness (QED) is 0.671. The molecule has 32 heavy (non-hydrogen) atoms. The Kier molecular flexibility index (Phi) is 6.03. The van der Waals surface area contributed by atoms with Gasteiger partial charge in [0.15, 0.2) is 0 Å². The molecule has 172 valence electrons. The first-order valence-electron chi connectivity index (χ1n) is 11.6. The molecular formula is C23H30ClN5O2S. The van der Waals surface area contributed by atoms with Gasteiger partial charge >= 0.3 is 0 Å². The Balaban J connectivity index is 1.50. The molecule has 0 amide bonds. The first kappa shape index (κ1) is 21.9. The molecule has 0 atom stereocenters. The summed E-state index contributed by atoms with van der Waals surface area (Å²) in [5.41, 5.74) is 1.96. The summed E-state index contributed by atoms with van der Waals surface area (Å²) in [5.74, 6) is 2.45. The number of anilines is 2. The Morgan fingerprint density at radius 3 is 2.31 bits per heavy atom. The molecule has 0 spiro atoms. The van der Waals surface area contributed by atoms with Crippen molar-refractivity contribution in [1.29, 1.82) is 0 Å². The van der Waals surface area contributed by atoms with Gasteiger partial charge in [0, 0.05) is 56.3 Å². The Bertz CT molecular complexity index is 1080. The molecule has 0 unspecified atom stereocenters. The van der Waals surface area contributed by atoms with E-state index in [4.69, 9.17) is 21.6 Å². The summed E-state index contributed by atoms with van der Waals surface area (Å²) in [7, 11) is -3.61. The van der Waals surface area contributed by atoms with E-state index in [9.17, 15) is 8.42 Å². The number of hydrogen-bond acceptors (Lipinski definition) is 6. The van der Waals surface area contributed by atoms with Crippen molar-refractivity contribution in [2.75, 3.05) is 42.5 Å². The Labute approximate surface area is 195 Å². The van der Waals surface area contributed by atoms with E-state index in [1.165, 1.54) is 12.8 Å². The maximum atomic E-state index is 13.3. The van der Waals surface area contributed by atoms with Crippen LogP contribution in [-0.4, -0.2) is 55.4 Å². The van der Waals surface area contributed by atoms with Gasteiger partial charge in [-0.05, 0) is 55.9 Å². The van der Waals surface area contributed by atoms with Gasteiger partial charge in [-0.2, -0.15) is 9.29 Å². The maximum absolute atomic E-state index is 13.3. The topological polar surface area (TPSA) is 69.6 Å². The van der Waals surface area contributed by atoms with Crippen LogP contribution in [-0.2, 0) is 23.0 Å². The molecule has 5 rings (SSSR count). The highest BCUT2D eigenvalue weighted by atomic mass is 35.5. The highest BCUT2D eigenvalue weighted by Crippen LogP contribution is 2.34. The summed E-state index contributed by atoms with van der Waals surface area (Å²) in [6, 6.07) is 6.40. The van der Waals surface area contributed by atoms with Crippen LogP contribution in [0, 0.1) is 5.92 Å². The van der Waals surface area contributed by atoms with Gasteiger partial charge in [-0.15, -0.1) is 0 Å². The Morgan fingerprint density at radius 1 is 0.938 bits per heavy atom. The number of piperidine rings is 1. The van der Waals surface area contributed by atoms with Crippen LogP contribution in [0.4, 0.5) is 11.8 Å². The van der Waals surface area contributed by atoms with Crippen LogP contribution in [0.15, 0.2) is 29.2 Å². The summed E-state index contributed by atoms with van der Waals surface area (Å²) in [5, 5.41) is 0.525. The van der Waals surface area contributed by atoms with Crippen molar-refractivity contribution in [2.24, 2.45) is 5.92 Å². The molecule has 2 aromatic rings. The minimum Gasteiger partial charge on any atom is -0.356 e. The van der Waals surface area contributed by atoms with E-state index in [0.29, 0.717) is 30.5 Å². The molecule has 3 aliphatic heterocycles. The minimum atomic E-state index is -3.61. The molecule has 0 radical (unpaired) electrons. The van der Waals surface area contributed by atoms with E-state index < -0.39 is 10.0 Å². The van der Waals surface area contributed by atoms with Crippen molar-refractivity contribution in [3.63, 3.8) is 0 Å². The third-order valence-corrected chi connectivity index (χ3v) is 9.03. The molecule has 0 aliphatic carbocycles. The van der Waals surface area contributed by atoms with Gasteiger partial charge in [0.1, 0.15) is 5.82 Å². The van der Waals surface area contributed by atoms with Crippen LogP contribution >= 0.6 is 11.6 Å². The third-order valence-electron chi connectivity index (χ3n) is 6.92. The SMILES string of the molecule is CC1CCN(c2nc(N3CCCC3)nc3c2CN(S(=O)(=O)c2ccc(Cl)cc2)CC3)CC1. The normalized spacial score (nSPS) is 20.6. The van der Waals surface area contributed by atoms with Gasteiger partial charge in [0.2, 0.25) is 16.0 Å². The summed E-state index contributed by atoms with van der Waals surface area (Å²) < 4.78 is 28.2. The summed E-state index contributed by atoms with van der Waals surface area (Å²) in [6.45, 7) is 6.91. The fraction of sp³-hybridized carbons (Fsp3) is 0.565. The van der Waals surface area contributed by atoms with Crippen LogP contribution < -0.4 is 9.80 Å². The van der Waals surface area contributed by atoms with Gasteiger partial charge in [0.25, 0.3) is 0 Å². The predicted octanol–water partition coefficient (Wildman–Crippen LogP) is 3.71. The van der Waals surface area contributed by atoms with Crippen molar-refractivity contribution in [2.45, 2.75) is 50.5 Å². The molecule has 1 aromatic heterocycles. The largest absolute Gasteiger partial charge is 0.356 e. The number of hydrogen-bond donors (Lipinski definition) is 0. The smallest absolute Gasteiger partial charge is 0.243 e. The number of benzene rings is 1. The van der Waals surface area contributed by atoms with Crippen molar-refractivity contribution >= 4 is 33.4 Å². The molecule has 2 fully saturated rings. The fourth-order valence-corrected chi connectivity index (χ4v) is 6.40. The van der Waals surface area contributed by atoms with E-state index in [-0.39, 0.29) is 4.90 Å². The van der Waals surface area contributed by atoms with Crippen molar-refractivity contribution in [1.82, 2.24) is 14.3 Å².